The van der Waals surface area contributed by atoms with Gasteiger partial charge in [-0.15, -0.1) is 0 Å². The quantitative estimate of drug-likeness (QED) is 0.892. The van der Waals surface area contributed by atoms with E-state index in [1.54, 1.807) is 6.20 Å². The molecule has 0 aliphatic carbocycles. The first-order valence-corrected chi connectivity index (χ1v) is 6.55. The Hall–Kier alpha value is -2.10. The van der Waals surface area contributed by atoms with E-state index >= 15 is 0 Å². The van der Waals surface area contributed by atoms with Gasteiger partial charge in [-0.2, -0.15) is 0 Å². The van der Waals surface area contributed by atoms with Crippen molar-refractivity contribution in [3.05, 3.63) is 36.5 Å². The monoisotopic (exact) mass is 256 g/mol. The maximum atomic E-state index is 4.52. The highest BCUT2D eigenvalue weighted by atomic mass is 15.1. The molecule has 0 unspecified atom stereocenters. The van der Waals surface area contributed by atoms with Gasteiger partial charge < -0.3 is 10.2 Å². The molecule has 19 heavy (non-hydrogen) atoms. The lowest BCUT2D eigenvalue weighted by atomic mass is 10.2. The third kappa shape index (κ3) is 3.44. The predicted octanol–water partition coefficient (Wildman–Crippen LogP) is 3.03. The summed E-state index contributed by atoms with van der Waals surface area (Å²) in [5.41, 5.74) is 2.20. The standard InChI is InChI=1S/C15H20N4/c1-4-10-16-14-9-11-17-15(18-14)12-5-7-13(8-6-12)19(2)3/h5-9,11H,4,10H2,1-3H3,(H,16,17,18). The summed E-state index contributed by atoms with van der Waals surface area (Å²) in [5.74, 6) is 1.63. The zero-order chi connectivity index (χ0) is 13.7. The molecule has 0 fully saturated rings. The molecule has 2 rings (SSSR count). The van der Waals surface area contributed by atoms with Crippen molar-refractivity contribution in [3.63, 3.8) is 0 Å². The molecular weight excluding hydrogens is 236 g/mol. The van der Waals surface area contributed by atoms with Crippen LogP contribution >= 0.6 is 0 Å². The van der Waals surface area contributed by atoms with Gasteiger partial charge in [-0.3, -0.25) is 0 Å². The molecule has 0 atom stereocenters. The van der Waals surface area contributed by atoms with Gasteiger partial charge in [0.05, 0.1) is 0 Å². The molecule has 0 saturated heterocycles. The largest absolute Gasteiger partial charge is 0.378 e. The SMILES string of the molecule is CCCNc1ccnc(-c2ccc(N(C)C)cc2)n1. The normalized spacial score (nSPS) is 10.3. The summed E-state index contributed by atoms with van der Waals surface area (Å²) in [5, 5.41) is 3.27. The van der Waals surface area contributed by atoms with Crippen molar-refractivity contribution in [2.45, 2.75) is 13.3 Å². The van der Waals surface area contributed by atoms with Crippen LogP contribution in [0.15, 0.2) is 36.5 Å². The Morgan fingerprint density at radius 1 is 1.11 bits per heavy atom. The topological polar surface area (TPSA) is 41.1 Å². The van der Waals surface area contributed by atoms with Crippen LogP contribution in [0.5, 0.6) is 0 Å². The van der Waals surface area contributed by atoms with Gasteiger partial charge in [0.2, 0.25) is 0 Å². The van der Waals surface area contributed by atoms with Gasteiger partial charge in [0.1, 0.15) is 5.82 Å². The average Bonchev–Trinajstić information content (AvgIpc) is 2.45. The van der Waals surface area contributed by atoms with Crippen molar-refractivity contribution in [1.82, 2.24) is 9.97 Å². The van der Waals surface area contributed by atoms with Crippen molar-refractivity contribution in [2.24, 2.45) is 0 Å². The van der Waals surface area contributed by atoms with E-state index in [-0.39, 0.29) is 0 Å². The fourth-order valence-corrected chi connectivity index (χ4v) is 1.76. The Morgan fingerprint density at radius 2 is 1.84 bits per heavy atom. The smallest absolute Gasteiger partial charge is 0.161 e. The molecule has 1 N–H and O–H groups in total. The Labute approximate surface area is 114 Å². The molecule has 100 valence electrons. The van der Waals surface area contributed by atoms with Crippen molar-refractivity contribution < 1.29 is 0 Å². The molecule has 4 heteroatoms. The summed E-state index contributed by atoms with van der Waals surface area (Å²) in [6, 6.07) is 10.1. The molecule has 4 nitrogen and oxygen atoms in total. The molecule has 1 aromatic heterocycles. The van der Waals surface area contributed by atoms with Crippen LogP contribution in [0, 0.1) is 0 Å². The van der Waals surface area contributed by atoms with Crippen LogP contribution in [-0.2, 0) is 0 Å². The van der Waals surface area contributed by atoms with E-state index in [0.717, 1.165) is 30.2 Å². The summed E-state index contributed by atoms with van der Waals surface area (Å²) in [6.07, 6.45) is 2.87. The van der Waals surface area contributed by atoms with Crippen LogP contribution in [0.1, 0.15) is 13.3 Å². The van der Waals surface area contributed by atoms with Crippen LogP contribution in [0.25, 0.3) is 11.4 Å². The number of aromatic nitrogens is 2. The summed E-state index contributed by atoms with van der Waals surface area (Å²) in [6.45, 7) is 3.06. The van der Waals surface area contributed by atoms with E-state index in [1.807, 2.05) is 32.3 Å². The molecule has 0 aliphatic rings. The number of hydrogen-bond acceptors (Lipinski definition) is 4. The van der Waals surface area contributed by atoms with Crippen LogP contribution in [0.3, 0.4) is 0 Å². The second kappa shape index (κ2) is 6.18. The first-order valence-electron chi connectivity index (χ1n) is 6.55. The van der Waals surface area contributed by atoms with Crippen molar-refractivity contribution >= 4 is 11.5 Å². The summed E-state index contributed by atoms with van der Waals surface area (Å²) in [4.78, 5) is 10.9. The third-order valence-electron chi connectivity index (χ3n) is 2.85. The van der Waals surface area contributed by atoms with Crippen molar-refractivity contribution in [2.75, 3.05) is 30.9 Å². The average molecular weight is 256 g/mol. The van der Waals surface area contributed by atoms with Crippen molar-refractivity contribution in [1.29, 1.82) is 0 Å². The Bertz CT molecular complexity index is 520. The number of rotatable bonds is 5. The lowest BCUT2D eigenvalue weighted by Gasteiger charge is -2.12. The zero-order valence-corrected chi connectivity index (χ0v) is 11.7. The van der Waals surface area contributed by atoms with Crippen LogP contribution < -0.4 is 10.2 Å². The molecule has 2 aromatic rings. The van der Waals surface area contributed by atoms with Gasteiger partial charge in [0.15, 0.2) is 5.82 Å². The number of nitrogens with zero attached hydrogens (tertiary/aromatic N) is 3. The molecule has 0 bridgehead atoms. The van der Waals surface area contributed by atoms with Crippen LogP contribution in [0.2, 0.25) is 0 Å². The van der Waals surface area contributed by atoms with E-state index in [2.05, 4.69) is 39.2 Å². The minimum atomic E-state index is 0.756. The van der Waals surface area contributed by atoms with Gasteiger partial charge in [0.25, 0.3) is 0 Å². The van der Waals surface area contributed by atoms with E-state index in [9.17, 15) is 0 Å². The highest BCUT2D eigenvalue weighted by molar-refractivity contribution is 5.61. The molecule has 0 amide bonds. The highest BCUT2D eigenvalue weighted by Crippen LogP contribution is 2.20. The highest BCUT2D eigenvalue weighted by Gasteiger charge is 2.03. The maximum Gasteiger partial charge on any atom is 0.161 e. The molecule has 0 spiro atoms. The summed E-state index contributed by atoms with van der Waals surface area (Å²) < 4.78 is 0. The second-order valence-corrected chi connectivity index (χ2v) is 4.63. The number of hydrogen-bond donors (Lipinski definition) is 1. The zero-order valence-electron chi connectivity index (χ0n) is 11.7. The van der Waals surface area contributed by atoms with E-state index in [1.165, 1.54) is 5.69 Å². The fraction of sp³-hybridized carbons (Fsp3) is 0.333. The first-order chi connectivity index (χ1) is 9.20. The first kappa shape index (κ1) is 13.3. The fourth-order valence-electron chi connectivity index (χ4n) is 1.76. The molecule has 0 radical (unpaired) electrons. The van der Waals surface area contributed by atoms with Gasteiger partial charge >= 0.3 is 0 Å². The maximum absolute atomic E-state index is 4.52. The van der Waals surface area contributed by atoms with Crippen LogP contribution in [0.4, 0.5) is 11.5 Å². The van der Waals surface area contributed by atoms with Gasteiger partial charge in [0, 0.05) is 38.1 Å². The van der Waals surface area contributed by atoms with Crippen molar-refractivity contribution in [3.8, 4) is 11.4 Å². The Morgan fingerprint density at radius 3 is 2.47 bits per heavy atom. The molecule has 1 heterocycles. The molecule has 1 aromatic carbocycles. The van der Waals surface area contributed by atoms with E-state index in [4.69, 9.17) is 0 Å². The van der Waals surface area contributed by atoms with Gasteiger partial charge in [-0.25, -0.2) is 9.97 Å². The Kier molecular flexibility index (Phi) is 4.34. The number of nitrogens with one attached hydrogen (secondary N) is 1. The Balaban J connectivity index is 2.21. The molecular formula is C15H20N4. The summed E-state index contributed by atoms with van der Waals surface area (Å²) in [7, 11) is 4.06. The van der Waals surface area contributed by atoms with E-state index < -0.39 is 0 Å². The number of benzene rings is 1. The van der Waals surface area contributed by atoms with Crippen LogP contribution in [-0.4, -0.2) is 30.6 Å². The van der Waals surface area contributed by atoms with Gasteiger partial charge in [-0.05, 0) is 36.8 Å². The summed E-state index contributed by atoms with van der Waals surface area (Å²) >= 11 is 0. The minimum absolute atomic E-state index is 0.756. The van der Waals surface area contributed by atoms with Gasteiger partial charge in [-0.1, -0.05) is 6.92 Å². The second-order valence-electron chi connectivity index (χ2n) is 4.63. The molecule has 0 aliphatic heterocycles. The third-order valence-corrected chi connectivity index (χ3v) is 2.85. The van der Waals surface area contributed by atoms with E-state index in [0.29, 0.717) is 0 Å². The minimum Gasteiger partial charge on any atom is -0.378 e. The lowest BCUT2D eigenvalue weighted by Crippen LogP contribution is -2.08. The number of anilines is 2. The predicted molar refractivity (Wildman–Crippen MR) is 80.6 cm³/mol. The lowest BCUT2D eigenvalue weighted by molar-refractivity contribution is 0.966. The molecule has 0 saturated carbocycles.